The van der Waals surface area contributed by atoms with Crippen LogP contribution < -0.4 is 16.6 Å². The normalized spacial score (nSPS) is 22.3. The highest BCUT2D eigenvalue weighted by Gasteiger charge is 2.25. The summed E-state index contributed by atoms with van der Waals surface area (Å²) >= 11 is 0. The fraction of sp³-hybridized carbons (Fsp3) is 0.714. The van der Waals surface area contributed by atoms with E-state index >= 15 is 0 Å². The van der Waals surface area contributed by atoms with Crippen molar-refractivity contribution in [1.29, 1.82) is 0 Å². The third-order valence-electron chi connectivity index (χ3n) is 3.97. The SMILES string of the molecule is Cc1c(NN)nc(C(C)C)nc1NCC1CCCC1O. The average Bonchev–Trinajstić information content (AvgIpc) is 2.83. The van der Waals surface area contributed by atoms with Crippen LogP contribution in [0.3, 0.4) is 0 Å². The van der Waals surface area contributed by atoms with Crippen LogP contribution in [0.25, 0.3) is 0 Å². The topological polar surface area (TPSA) is 96.1 Å². The van der Waals surface area contributed by atoms with Gasteiger partial charge in [-0.2, -0.15) is 0 Å². The summed E-state index contributed by atoms with van der Waals surface area (Å²) in [6.07, 6.45) is 2.88. The molecule has 0 radical (unpaired) electrons. The number of hydrogen-bond donors (Lipinski definition) is 4. The van der Waals surface area contributed by atoms with Crippen LogP contribution >= 0.6 is 0 Å². The van der Waals surface area contributed by atoms with Gasteiger partial charge in [-0.05, 0) is 19.8 Å². The zero-order chi connectivity index (χ0) is 14.7. The third kappa shape index (κ3) is 3.19. The number of rotatable bonds is 5. The minimum absolute atomic E-state index is 0.193. The Labute approximate surface area is 120 Å². The molecule has 112 valence electrons. The lowest BCUT2D eigenvalue weighted by Crippen LogP contribution is -2.23. The number of hydrogen-bond acceptors (Lipinski definition) is 6. The van der Waals surface area contributed by atoms with Crippen molar-refractivity contribution in [3.8, 4) is 0 Å². The monoisotopic (exact) mass is 279 g/mol. The van der Waals surface area contributed by atoms with Crippen molar-refractivity contribution in [2.24, 2.45) is 11.8 Å². The molecule has 0 amide bonds. The molecule has 2 atom stereocenters. The second kappa shape index (κ2) is 6.37. The van der Waals surface area contributed by atoms with Crippen LogP contribution in [-0.4, -0.2) is 27.7 Å². The number of nitrogens with zero attached hydrogens (tertiary/aromatic N) is 2. The van der Waals surface area contributed by atoms with Gasteiger partial charge in [0.2, 0.25) is 0 Å². The summed E-state index contributed by atoms with van der Waals surface area (Å²) in [7, 11) is 0. The fourth-order valence-electron chi connectivity index (χ4n) is 2.59. The minimum atomic E-state index is -0.193. The van der Waals surface area contributed by atoms with Gasteiger partial charge in [-0.1, -0.05) is 20.3 Å². The van der Waals surface area contributed by atoms with E-state index in [0.29, 0.717) is 11.7 Å². The lowest BCUT2D eigenvalue weighted by molar-refractivity contribution is 0.138. The molecule has 2 rings (SSSR count). The van der Waals surface area contributed by atoms with Crippen molar-refractivity contribution in [2.75, 3.05) is 17.3 Å². The van der Waals surface area contributed by atoms with Gasteiger partial charge < -0.3 is 15.8 Å². The van der Waals surface area contributed by atoms with E-state index in [1.165, 1.54) is 0 Å². The van der Waals surface area contributed by atoms with E-state index in [1.54, 1.807) is 0 Å². The number of aliphatic hydroxyl groups is 1. The van der Waals surface area contributed by atoms with Crippen LogP contribution in [0.5, 0.6) is 0 Å². The van der Waals surface area contributed by atoms with Gasteiger partial charge in [-0.3, -0.25) is 0 Å². The van der Waals surface area contributed by atoms with Gasteiger partial charge >= 0.3 is 0 Å². The molecule has 1 aromatic rings. The third-order valence-corrected chi connectivity index (χ3v) is 3.97. The first-order chi connectivity index (χ1) is 9.52. The molecule has 1 aliphatic rings. The van der Waals surface area contributed by atoms with E-state index in [9.17, 15) is 5.11 Å². The Bertz CT molecular complexity index is 463. The molecule has 1 fully saturated rings. The van der Waals surface area contributed by atoms with Crippen LogP contribution in [0.2, 0.25) is 0 Å². The number of anilines is 2. The van der Waals surface area contributed by atoms with E-state index < -0.39 is 0 Å². The van der Waals surface area contributed by atoms with Crippen LogP contribution in [0.15, 0.2) is 0 Å². The van der Waals surface area contributed by atoms with Gasteiger partial charge in [-0.25, -0.2) is 15.8 Å². The van der Waals surface area contributed by atoms with E-state index in [4.69, 9.17) is 5.84 Å². The standard InChI is InChI=1S/C14H25N5O/c1-8(2)12-17-13(9(3)14(18-12)19-15)16-7-10-5-4-6-11(10)20/h8,10-11,20H,4-7,15H2,1-3H3,(H2,16,17,18,19). The van der Waals surface area contributed by atoms with Gasteiger partial charge in [-0.15, -0.1) is 0 Å². The van der Waals surface area contributed by atoms with Gasteiger partial charge in [0.25, 0.3) is 0 Å². The lowest BCUT2D eigenvalue weighted by atomic mass is 10.1. The number of aromatic nitrogens is 2. The zero-order valence-corrected chi connectivity index (χ0v) is 12.5. The predicted molar refractivity (Wildman–Crippen MR) is 80.5 cm³/mol. The van der Waals surface area contributed by atoms with Crippen LogP contribution in [0.1, 0.15) is 50.4 Å². The minimum Gasteiger partial charge on any atom is -0.393 e. The van der Waals surface area contributed by atoms with Crippen molar-refractivity contribution in [3.05, 3.63) is 11.4 Å². The molecule has 2 unspecified atom stereocenters. The number of hydrazine groups is 1. The van der Waals surface area contributed by atoms with Crippen LogP contribution in [0, 0.1) is 12.8 Å². The van der Waals surface area contributed by atoms with Crippen LogP contribution in [0.4, 0.5) is 11.6 Å². The summed E-state index contributed by atoms with van der Waals surface area (Å²) in [5.74, 6) is 8.28. The Morgan fingerprint density at radius 2 is 2.00 bits per heavy atom. The van der Waals surface area contributed by atoms with Gasteiger partial charge in [0.15, 0.2) is 0 Å². The molecular formula is C14H25N5O. The smallest absolute Gasteiger partial charge is 0.148 e. The van der Waals surface area contributed by atoms with E-state index in [2.05, 4.69) is 34.6 Å². The Balaban J connectivity index is 2.15. The molecule has 0 saturated heterocycles. The summed E-state index contributed by atoms with van der Waals surface area (Å²) in [4.78, 5) is 8.98. The zero-order valence-electron chi connectivity index (χ0n) is 12.5. The largest absolute Gasteiger partial charge is 0.393 e. The highest BCUT2D eigenvalue weighted by Crippen LogP contribution is 2.27. The summed E-state index contributed by atoms with van der Waals surface area (Å²) in [6.45, 7) is 6.78. The molecule has 0 spiro atoms. The summed E-state index contributed by atoms with van der Waals surface area (Å²) in [5.41, 5.74) is 3.53. The van der Waals surface area contributed by atoms with Gasteiger partial charge in [0.05, 0.1) is 6.10 Å². The van der Waals surface area contributed by atoms with Crippen LogP contribution in [-0.2, 0) is 0 Å². The Morgan fingerprint density at radius 3 is 2.55 bits per heavy atom. The first-order valence-corrected chi connectivity index (χ1v) is 7.30. The molecule has 1 saturated carbocycles. The van der Waals surface area contributed by atoms with Gasteiger partial charge in [0, 0.05) is 23.9 Å². The summed E-state index contributed by atoms with van der Waals surface area (Å²) < 4.78 is 0. The second-order valence-corrected chi connectivity index (χ2v) is 5.84. The lowest BCUT2D eigenvalue weighted by Gasteiger charge is -2.18. The van der Waals surface area contributed by atoms with Crippen molar-refractivity contribution in [3.63, 3.8) is 0 Å². The molecule has 5 N–H and O–H groups in total. The summed E-state index contributed by atoms with van der Waals surface area (Å²) in [5, 5.41) is 13.2. The number of aliphatic hydroxyl groups excluding tert-OH is 1. The van der Waals surface area contributed by atoms with E-state index in [0.717, 1.165) is 43.0 Å². The molecular weight excluding hydrogens is 254 g/mol. The highest BCUT2D eigenvalue weighted by atomic mass is 16.3. The predicted octanol–water partition coefficient (Wildman–Crippen LogP) is 1.77. The molecule has 6 heteroatoms. The van der Waals surface area contributed by atoms with E-state index in [1.807, 2.05) is 6.92 Å². The number of nitrogen functional groups attached to an aromatic ring is 1. The van der Waals surface area contributed by atoms with Crippen molar-refractivity contribution >= 4 is 11.6 Å². The quantitative estimate of drug-likeness (QED) is 0.484. The second-order valence-electron chi connectivity index (χ2n) is 5.84. The molecule has 1 aromatic heterocycles. The molecule has 0 aliphatic heterocycles. The maximum atomic E-state index is 9.87. The average molecular weight is 279 g/mol. The fourth-order valence-corrected chi connectivity index (χ4v) is 2.59. The van der Waals surface area contributed by atoms with Crippen molar-refractivity contribution in [1.82, 2.24) is 9.97 Å². The molecule has 0 aromatic carbocycles. The Kier molecular flexibility index (Phi) is 4.77. The number of nitrogens with two attached hydrogens (primary N) is 1. The molecule has 6 nitrogen and oxygen atoms in total. The first-order valence-electron chi connectivity index (χ1n) is 7.30. The molecule has 20 heavy (non-hydrogen) atoms. The van der Waals surface area contributed by atoms with E-state index in [-0.39, 0.29) is 12.0 Å². The van der Waals surface area contributed by atoms with Crippen molar-refractivity contribution < 1.29 is 5.11 Å². The first kappa shape index (κ1) is 15.0. The molecule has 1 aliphatic carbocycles. The molecule has 0 bridgehead atoms. The number of nitrogens with one attached hydrogen (secondary N) is 2. The van der Waals surface area contributed by atoms with Gasteiger partial charge in [0.1, 0.15) is 17.5 Å². The maximum Gasteiger partial charge on any atom is 0.148 e. The Morgan fingerprint density at radius 1 is 1.30 bits per heavy atom. The highest BCUT2D eigenvalue weighted by molar-refractivity contribution is 5.56. The van der Waals surface area contributed by atoms with Crippen molar-refractivity contribution in [2.45, 2.75) is 52.1 Å². The Hall–Kier alpha value is -1.40. The maximum absolute atomic E-state index is 9.87. The summed E-state index contributed by atoms with van der Waals surface area (Å²) in [6, 6.07) is 0. The molecule has 1 heterocycles.